The molecule has 2 N–H and O–H groups in total. The molecule has 3 aromatic carbocycles. The number of nitrogens with zero attached hydrogens (tertiary/aromatic N) is 5. The van der Waals surface area contributed by atoms with Crippen molar-refractivity contribution in [2.75, 3.05) is 48.0 Å². The van der Waals surface area contributed by atoms with Crippen molar-refractivity contribution in [3.05, 3.63) is 113 Å². The first-order valence-electron chi connectivity index (χ1n) is 16.9. The molecule has 272 valence electrons. The fourth-order valence-corrected chi connectivity index (χ4v) is 5.54. The van der Waals surface area contributed by atoms with Crippen molar-refractivity contribution >= 4 is 17.7 Å². The average Bonchev–Trinajstić information content (AvgIpc) is 3.61. The number of hydrogen-bond donors (Lipinski definition) is 2. The first kappa shape index (κ1) is 38.7. The maximum absolute atomic E-state index is 13.9. The van der Waals surface area contributed by atoms with E-state index >= 15 is 0 Å². The topological polar surface area (TPSA) is 140 Å². The number of carbonyl (C=O) groups excluding carboxylic acids is 3. The Hall–Kier alpha value is -5.11. The van der Waals surface area contributed by atoms with Crippen LogP contribution in [0.1, 0.15) is 41.0 Å². The molecule has 0 aliphatic carbocycles. The smallest absolute Gasteiger partial charge is 0.236 e. The van der Waals surface area contributed by atoms with E-state index in [4.69, 9.17) is 14.2 Å². The van der Waals surface area contributed by atoms with Crippen LogP contribution in [0.4, 0.5) is 0 Å². The van der Waals surface area contributed by atoms with Gasteiger partial charge in [0.2, 0.25) is 17.7 Å². The molecule has 4 rings (SSSR count). The van der Waals surface area contributed by atoms with E-state index < -0.39 is 6.10 Å². The predicted octanol–water partition coefficient (Wildman–Crippen LogP) is 3.15. The number of benzene rings is 3. The standard InChI is InChI=1S/C38H49N7O6/c1-28(38(30-11-7-6-8-12-30)51-27-33-24-45(42-41-33)19-20-49-4)43(3)37(48)26-44(23-29-15-17-34(50-5)18-16-29)25-36(47)40-22-32-14-10-9-13-31(32)21-35(46)39-2/h6-18,24,28,38H,19-23,25-27H2,1-5H3,(H,39,46)(H,40,47)/t28-,38-/m0/s1. The summed E-state index contributed by atoms with van der Waals surface area (Å²) in [4.78, 5) is 42.8. The second-order valence-corrected chi connectivity index (χ2v) is 12.2. The second kappa shape index (κ2) is 19.9. The molecule has 0 radical (unpaired) electrons. The minimum atomic E-state index is -0.461. The summed E-state index contributed by atoms with van der Waals surface area (Å²) in [6.45, 7) is 3.83. The Kier molecular flexibility index (Phi) is 15.1. The molecule has 1 heterocycles. The monoisotopic (exact) mass is 699 g/mol. The van der Waals surface area contributed by atoms with Gasteiger partial charge in [-0.1, -0.05) is 71.9 Å². The molecule has 51 heavy (non-hydrogen) atoms. The van der Waals surface area contributed by atoms with Gasteiger partial charge in [0.1, 0.15) is 17.5 Å². The molecule has 0 saturated heterocycles. The normalized spacial score (nSPS) is 12.3. The van der Waals surface area contributed by atoms with Gasteiger partial charge in [-0.15, -0.1) is 5.10 Å². The average molecular weight is 700 g/mol. The lowest BCUT2D eigenvalue weighted by atomic mass is 10.0. The van der Waals surface area contributed by atoms with E-state index in [0.717, 1.165) is 22.3 Å². The van der Waals surface area contributed by atoms with Crippen LogP contribution < -0.4 is 15.4 Å². The van der Waals surface area contributed by atoms with Crippen LogP contribution >= 0.6 is 0 Å². The molecule has 3 amide bonds. The number of carbonyl (C=O) groups is 3. The van der Waals surface area contributed by atoms with Gasteiger partial charge in [-0.25, -0.2) is 4.68 Å². The number of rotatable bonds is 20. The predicted molar refractivity (Wildman–Crippen MR) is 192 cm³/mol. The number of aromatic nitrogens is 3. The Bertz CT molecular complexity index is 1680. The van der Waals surface area contributed by atoms with Crippen LogP contribution in [0.25, 0.3) is 0 Å². The van der Waals surface area contributed by atoms with E-state index in [1.165, 1.54) is 0 Å². The molecule has 1 aromatic heterocycles. The third-order valence-electron chi connectivity index (χ3n) is 8.61. The minimum Gasteiger partial charge on any atom is -0.497 e. The highest BCUT2D eigenvalue weighted by Crippen LogP contribution is 2.26. The summed E-state index contributed by atoms with van der Waals surface area (Å²) in [5.74, 6) is 0.190. The van der Waals surface area contributed by atoms with Crippen molar-refractivity contribution in [3.63, 3.8) is 0 Å². The lowest BCUT2D eigenvalue weighted by molar-refractivity contribution is -0.137. The molecule has 0 fully saturated rings. The zero-order valence-corrected chi connectivity index (χ0v) is 30.1. The summed E-state index contributed by atoms with van der Waals surface area (Å²) in [7, 11) is 6.59. The Morgan fingerprint density at radius 3 is 2.29 bits per heavy atom. The minimum absolute atomic E-state index is 0.0110. The molecular weight excluding hydrogens is 650 g/mol. The van der Waals surface area contributed by atoms with Gasteiger partial charge in [-0.3, -0.25) is 19.3 Å². The fourth-order valence-electron chi connectivity index (χ4n) is 5.54. The summed E-state index contributed by atoms with van der Waals surface area (Å²) >= 11 is 0. The van der Waals surface area contributed by atoms with E-state index in [-0.39, 0.29) is 56.4 Å². The van der Waals surface area contributed by atoms with E-state index in [1.54, 1.807) is 37.9 Å². The zero-order valence-electron chi connectivity index (χ0n) is 30.1. The van der Waals surface area contributed by atoms with Gasteiger partial charge < -0.3 is 29.7 Å². The number of amides is 3. The van der Waals surface area contributed by atoms with Gasteiger partial charge in [0.05, 0.1) is 58.6 Å². The van der Waals surface area contributed by atoms with Gasteiger partial charge in [0.25, 0.3) is 0 Å². The number of methoxy groups -OCH3 is 2. The summed E-state index contributed by atoms with van der Waals surface area (Å²) in [6, 6.07) is 24.4. The number of likely N-dealkylation sites (N-methyl/N-ethyl adjacent to an activating group) is 2. The molecule has 0 bridgehead atoms. The third-order valence-corrected chi connectivity index (χ3v) is 8.61. The van der Waals surface area contributed by atoms with Crippen LogP contribution in [-0.2, 0) is 56.5 Å². The SMILES string of the molecule is CNC(=O)Cc1ccccc1CNC(=O)CN(CC(=O)N(C)[C@@H](C)[C@H](OCc1cn(CCOC)nn1)c1ccccc1)Cc1ccc(OC)cc1. The molecular formula is C38H49N7O6. The van der Waals surface area contributed by atoms with Crippen molar-refractivity contribution < 1.29 is 28.6 Å². The molecule has 2 atom stereocenters. The maximum Gasteiger partial charge on any atom is 0.236 e. The Morgan fingerprint density at radius 1 is 0.902 bits per heavy atom. The third kappa shape index (κ3) is 12.0. The first-order valence-corrected chi connectivity index (χ1v) is 16.9. The molecule has 0 spiro atoms. The van der Waals surface area contributed by atoms with Gasteiger partial charge in [0.15, 0.2) is 0 Å². The van der Waals surface area contributed by atoms with Gasteiger partial charge >= 0.3 is 0 Å². The summed E-state index contributed by atoms with van der Waals surface area (Å²) < 4.78 is 18.6. The van der Waals surface area contributed by atoms with Crippen LogP contribution in [0.5, 0.6) is 5.75 Å². The van der Waals surface area contributed by atoms with E-state index in [2.05, 4.69) is 20.9 Å². The van der Waals surface area contributed by atoms with Crippen molar-refractivity contribution in [2.24, 2.45) is 0 Å². The summed E-state index contributed by atoms with van der Waals surface area (Å²) in [5.41, 5.74) is 4.20. The van der Waals surface area contributed by atoms with Crippen molar-refractivity contribution in [1.29, 1.82) is 0 Å². The maximum atomic E-state index is 13.9. The molecule has 0 unspecified atom stereocenters. The molecule has 0 aliphatic heterocycles. The lowest BCUT2D eigenvalue weighted by Gasteiger charge is -2.33. The zero-order chi connectivity index (χ0) is 36.6. The number of hydrogen-bond acceptors (Lipinski definition) is 9. The van der Waals surface area contributed by atoms with Gasteiger partial charge in [-0.05, 0) is 41.3 Å². The van der Waals surface area contributed by atoms with Gasteiger partial charge in [0, 0.05) is 34.3 Å². The fraction of sp³-hybridized carbons (Fsp3) is 0.395. The van der Waals surface area contributed by atoms with Crippen LogP contribution in [0.3, 0.4) is 0 Å². The van der Waals surface area contributed by atoms with Crippen LogP contribution in [0.2, 0.25) is 0 Å². The Morgan fingerprint density at radius 2 is 1.61 bits per heavy atom. The highest BCUT2D eigenvalue weighted by atomic mass is 16.5. The number of ether oxygens (including phenoxy) is 3. The van der Waals surface area contributed by atoms with Crippen LogP contribution in [-0.4, -0.2) is 96.6 Å². The Labute approximate surface area is 299 Å². The van der Waals surface area contributed by atoms with Gasteiger partial charge in [-0.2, -0.15) is 0 Å². The molecule has 13 heteroatoms. The second-order valence-electron chi connectivity index (χ2n) is 12.2. The molecule has 4 aromatic rings. The summed E-state index contributed by atoms with van der Waals surface area (Å²) in [6.07, 6.45) is 1.58. The largest absolute Gasteiger partial charge is 0.497 e. The molecule has 0 saturated carbocycles. The first-order chi connectivity index (χ1) is 24.7. The van der Waals surface area contributed by atoms with Crippen molar-refractivity contribution in [2.45, 2.75) is 51.7 Å². The molecule has 13 nitrogen and oxygen atoms in total. The lowest BCUT2D eigenvalue weighted by Crippen LogP contribution is -2.47. The van der Waals surface area contributed by atoms with Crippen molar-refractivity contribution in [3.8, 4) is 5.75 Å². The quantitative estimate of drug-likeness (QED) is 0.142. The Balaban J connectivity index is 1.46. The highest BCUT2D eigenvalue weighted by molar-refractivity contribution is 5.81. The number of nitrogens with one attached hydrogen (secondary N) is 2. The van der Waals surface area contributed by atoms with Crippen LogP contribution in [0, 0.1) is 0 Å². The van der Waals surface area contributed by atoms with Crippen molar-refractivity contribution in [1.82, 2.24) is 35.4 Å². The highest BCUT2D eigenvalue weighted by Gasteiger charge is 2.28. The molecule has 0 aliphatic rings. The summed E-state index contributed by atoms with van der Waals surface area (Å²) in [5, 5.41) is 14.0. The van der Waals surface area contributed by atoms with Crippen LogP contribution in [0.15, 0.2) is 85.1 Å². The van der Waals surface area contributed by atoms with E-state index in [9.17, 15) is 14.4 Å². The van der Waals surface area contributed by atoms with E-state index in [0.29, 0.717) is 31.1 Å². The van der Waals surface area contributed by atoms with E-state index in [1.807, 2.05) is 96.9 Å².